The fourth-order valence-electron chi connectivity index (χ4n) is 3.11. The van der Waals surface area contributed by atoms with Gasteiger partial charge < -0.3 is 20.5 Å². The van der Waals surface area contributed by atoms with E-state index in [0.717, 1.165) is 31.6 Å². The van der Waals surface area contributed by atoms with Crippen LogP contribution >= 0.6 is 24.0 Å². The van der Waals surface area contributed by atoms with Gasteiger partial charge >= 0.3 is 6.61 Å². The maximum atomic E-state index is 12.4. The lowest BCUT2D eigenvalue weighted by Gasteiger charge is -2.23. The summed E-state index contributed by atoms with van der Waals surface area (Å²) >= 11 is 0. The van der Waals surface area contributed by atoms with Crippen molar-refractivity contribution in [3.05, 3.63) is 23.8 Å². The monoisotopic (exact) mass is 498 g/mol. The van der Waals surface area contributed by atoms with Crippen LogP contribution in [0.25, 0.3) is 0 Å². The van der Waals surface area contributed by atoms with Crippen LogP contribution in [0.15, 0.2) is 23.2 Å². The molecule has 6 nitrogen and oxygen atoms in total. The van der Waals surface area contributed by atoms with E-state index < -0.39 is 6.61 Å². The van der Waals surface area contributed by atoms with E-state index >= 15 is 0 Å². The Kier molecular flexibility index (Phi) is 10.7. The van der Waals surface area contributed by atoms with Crippen molar-refractivity contribution in [1.82, 2.24) is 10.2 Å². The normalized spacial score (nSPS) is 17.7. The van der Waals surface area contributed by atoms with Crippen molar-refractivity contribution in [3.63, 3.8) is 0 Å². The molecule has 0 radical (unpaired) electrons. The minimum atomic E-state index is -2.89. The second-order valence-corrected chi connectivity index (χ2v) is 6.10. The van der Waals surface area contributed by atoms with Gasteiger partial charge in [-0.25, -0.2) is 4.99 Å². The summed E-state index contributed by atoms with van der Waals surface area (Å²) in [6.07, 6.45) is 2.38. The van der Waals surface area contributed by atoms with Crippen molar-refractivity contribution in [1.29, 1.82) is 0 Å². The molecule has 0 aliphatic carbocycles. The van der Waals surface area contributed by atoms with Crippen molar-refractivity contribution in [2.75, 3.05) is 26.2 Å². The number of likely N-dealkylation sites (tertiary alicyclic amines) is 1. The summed E-state index contributed by atoms with van der Waals surface area (Å²) in [5.41, 5.74) is 6.75. The van der Waals surface area contributed by atoms with Gasteiger partial charge in [0.1, 0.15) is 0 Å². The van der Waals surface area contributed by atoms with Gasteiger partial charge in [0.05, 0.1) is 13.2 Å². The molecule has 1 aromatic carbocycles. The number of halogens is 3. The summed E-state index contributed by atoms with van der Waals surface area (Å²) in [6.45, 7) is 4.67. The molecule has 0 spiro atoms. The SMILES string of the molecule is CCOc1cc(CN=C(N)NCC2CCCN2CC)ccc1OC(F)F.I. The first kappa shape index (κ1) is 23.7. The first-order chi connectivity index (χ1) is 12.5. The summed E-state index contributed by atoms with van der Waals surface area (Å²) in [5.74, 6) is 0.664. The number of nitrogens with two attached hydrogens (primary N) is 1. The van der Waals surface area contributed by atoms with Crippen LogP contribution in [0.5, 0.6) is 11.5 Å². The number of hydrogen-bond donors (Lipinski definition) is 2. The van der Waals surface area contributed by atoms with Gasteiger partial charge in [-0.15, -0.1) is 24.0 Å². The van der Waals surface area contributed by atoms with Crippen LogP contribution in [0.4, 0.5) is 8.78 Å². The molecule has 1 aliphatic heterocycles. The topological polar surface area (TPSA) is 72.1 Å². The lowest BCUT2D eigenvalue weighted by Crippen LogP contribution is -2.42. The van der Waals surface area contributed by atoms with Gasteiger partial charge in [-0.3, -0.25) is 4.90 Å². The highest BCUT2D eigenvalue weighted by Crippen LogP contribution is 2.30. The average Bonchev–Trinajstić information content (AvgIpc) is 3.07. The summed E-state index contributed by atoms with van der Waals surface area (Å²) < 4.78 is 34.7. The van der Waals surface area contributed by atoms with Gasteiger partial charge in [-0.1, -0.05) is 13.0 Å². The number of ether oxygens (including phenoxy) is 2. The molecule has 0 bridgehead atoms. The predicted octanol–water partition coefficient (Wildman–Crippen LogP) is 3.19. The van der Waals surface area contributed by atoms with Crippen LogP contribution in [0.3, 0.4) is 0 Å². The van der Waals surface area contributed by atoms with Gasteiger partial charge in [0.25, 0.3) is 0 Å². The first-order valence-electron chi connectivity index (χ1n) is 9.01. The molecule has 0 amide bonds. The van der Waals surface area contributed by atoms with Gasteiger partial charge in [-0.05, 0) is 50.6 Å². The number of alkyl halides is 2. The van der Waals surface area contributed by atoms with Crippen LogP contribution < -0.4 is 20.5 Å². The number of nitrogens with zero attached hydrogens (tertiary/aromatic N) is 2. The molecule has 2 rings (SSSR count). The average molecular weight is 498 g/mol. The summed E-state index contributed by atoms with van der Waals surface area (Å²) in [5, 5.41) is 3.17. The van der Waals surface area contributed by atoms with Crippen LogP contribution in [0.2, 0.25) is 0 Å². The number of aliphatic imine (C=N–C) groups is 1. The highest BCUT2D eigenvalue weighted by Gasteiger charge is 2.22. The second kappa shape index (κ2) is 12.2. The number of hydrogen-bond acceptors (Lipinski definition) is 4. The van der Waals surface area contributed by atoms with E-state index in [1.165, 1.54) is 12.5 Å². The zero-order valence-electron chi connectivity index (χ0n) is 15.8. The Labute approximate surface area is 176 Å². The third kappa shape index (κ3) is 7.65. The fraction of sp³-hybridized carbons (Fsp3) is 0.611. The lowest BCUT2D eigenvalue weighted by atomic mass is 10.2. The molecule has 1 fully saturated rings. The summed E-state index contributed by atoms with van der Waals surface area (Å²) in [4.78, 5) is 6.75. The molecule has 1 aliphatic rings. The molecule has 154 valence electrons. The van der Waals surface area contributed by atoms with Crippen molar-refractivity contribution < 1.29 is 18.3 Å². The zero-order chi connectivity index (χ0) is 18.9. The Morgan fingerprint density at radius 2 is 2.15 bits per heavy atom. The molecule has 9 heteroatoms. The summed E-state index contributed by atoms with van der Waals surface area (Å²) in [6, 6.07) is 5.27. The van der Waals surface area contributed by atoms with Crippen molar-refractivity contribution >= 4 is 29.9 Å². The van der Waals surface area contributed by atoms with E-state index in [1.54, 1.807) is 19.1 Å². The van der Waals surface area contributed by atoms with E-state index in [-0.39, 0.29) is 35.5 Å². The minimum absolute atomic E-state index is 0. The van der Waals surface area contributed by atoms with E-state index in [9.17, 15) is 8.78 Å². The van der Waals surface area contributed by atoms with E-state index in [4.69, 9.17) is 10.5 Å². The first-order valence-corrected chi connectivity index (χ1v) is 9.01. The van der Waals surface area contributed by atoms with Gasteiger partial charge in [-0.2, -0.15) is 8.78 Å². The Morgan fingerprint density at radius 3 is 2.81 bits per heavy atom. The standard InChI is InChI=1S/C18H28F2N4O2.HI/c1-3-24-9-5-6-14(24)12-23-18(21)22-11-13-7-8-15(26-17(19)20)16(10-13)25-4-2;/h7-8,10,14,17H,3-6,9,11-12H2,1-2H3,(H3,21,22,23);1H. The molecular weight excluding hydrogens is 469 g/mol. The number of benzene rings is 1. The Morgan fingerprint density at radius 1 is 1.37 bits per heavy atom. The van der Waals surface area contributed by atoms with Gasteiger partial charge in [0.2, 0.25) is 0 Å². The molecule has 1 unspecified atom stereocenters. The van der Waals surface area contributed by atoms with E-state index in [1.807, 2.05) is 0 Å². The Balaban J connectivity index is 0.00000364. The predicted molar refractivity (Wildman–Crippen MR) is 113 cm³/mol. The number of guanidine groups is 1. The Bertz CT molecular complexity index is 605. The third-order valence-electron chi connectivity index (χ3n) is 4.38. The van der Waals surface area contributed by atoms with Gasteiger partial charge in [0.15, 0.2) is 17.5 Å². The molecule has 1 atom stereocenters. The molecule has 27 heavy (non-hydrogen) atoms. The van der Waals surface area contributed by atoms with E-state index in [2.05, 4.69) is 26.9 Å². The quantitative estimate of drug-likeness (QED) is 0.311. The largest absolute Gasteiger partial charge is 0.490 e. The van der Waals surface area contributed by atoms with Crippen LogP contribution in [-0.2, 0) is 6.54 Å². The molecule has 3 N–H and O–H groups in total. The molecule has 0 aromatic heterocycles. The fourth-order valence-corrected chi connectivity index (χ4v) is 3.11. The molecule has 0 saturated carbocycles. The van der Waals surface area contributed by atoms with Crippen LogP contribution in [0, 0.1) is 0 Å². The summed E-state index contributed by atoms with van der Waals surface area (Å²) in [7, 11) is 0. The van der Waals surface area contributed by atoms with E-state index in [0.29, 0.717) is 25.2 Å². The highest BCUT2D eigenvalue weighted by atomic mass is 127. The second-order valence-electron chi connectivity index (χ2n) is 6.10. The molecular formula is C18H29F2IN4O2. The number of likely N-dealkylation sites (N-methyl/N-ethyl adjacent to an activating group) is 1. The van der Waals surface area contributed by atoms with Crippen LogP contribution in [0.1, 0.15) is 32.3 Å². The minimum Gasteiger partial charge on any atom is -0.490 e. The molecule has 1 heterocycles. The van der Waals surface area contributed by atoms with Gasteiger partial charge in [0, 0.05) is 12.6 Å². The smallest absolute Gasteiger partial charge is 0.387 e. The maximum Gasteiger partial charge on any atom is 0.387 e. The third-order valence-corrected chi connectivity index (χ3v) is 4.38. The Hall–Kier alpha value is -1.36. The van der Waals surface area contributed by atoms with Crippen LogP contribution in [-0.4, -0.2) is 49.8 Å². The zero-order valence-corrected chi connectivity index (χ0v) is 18.1. The van der Waals surface area contributed by atoms with Crippen molar-refractivity contribution in [2.24, 2.45) is 10.7 Å². The number of nitrogens with one attached hydrogen (secondary N) is 1. The highest BCUT2D eigenvalue weighted by molar-refractivity contribution is 14.0. The molecule has 1 aromatic rings. The maximum absolute atomic E-state index is 12.4. The van der Waals surface area contributed by atoms with Crippen molar-refractivity contribution in [2.45, 2.75) is 45.9 Å². The van der Waals surface area contributed by atoms with Crippen molar-refractivity contribution in [3.8, 4) is 11.5 Å². The number of rotatable bonds is 9. The molecule has 1 saturated heterocycles. The lowest BCUT2D eigenvalue weighted by molar-refractivity contribution is -0.0514.